The summed E-state index contributed by atoms with van der Waals surface area (Å²) < 4.78 is 27.3. The number of aliphatic hydroxyl groups excluding tert-OH is 1. The molecule has 2 heterocycles. The summed E-state index contributed by atoms with van der Waals surface area (Å²) in [4.78, 5) is 3.19. The quantitative estimate of drug-likeness (QED) is 0.860. The van der Waals surface area contributed by atoms with E-state index in [2.05, 4.69) is 34.7 Å². The minimum Gasteiger partial charge on any atom is -0.391 e. The molecule has 8 heteroatoms. The Morgan fingerprint density at radius 1 is 1.35 bits per heavy atom. The van der Waals surface area contributed by atoms with Crippen LogP contribution in [-0.2, 0) is 16.6 Å². The van der Waals surface area contributed by atoms with E-state index in [1.165, 1.54) is 15.6 Å². The topological polar surface area (TPSA) is 60.9 Å². The molecule has 0 aliphatic carbocycles. The molecule has 1 aromatic heterocycles. The first-order valence-electron chi connectivity index (χ1n) is 6.49. The SMILES string of the molecule is CC(C)N1CCN(S(=O)(=O)c2cc(CO)sc2Br)CC1. The smallest absolute Gasteiger partial charge is 0.245 e. The number of hydrogen-bond donors (Lipinski definition) is 1. The van der Waals surface area contributed by atoms with Crippen molar-refractivity contribution in [1.29, 1.82) is 0 Å². The highest BCUT2D eigenvalue weighted by Crippen LogP contribution is 2.33. The van der Waals surface area contributed by atoms with E-state index in [1.54, 1.807) is 6.07 Å². The van der Waals surface area contributed by atoms with Crippen LogP contribution in [0, 0.1) is 0 Å². The van der Waals surface area contributed by atoms with E-state index in [-0.39, 0.29) is 11.5 Å². The van der Waals surface area contributed by atoms with Gasteiger partial charge in [0.1, 0.15) is 4.90 Å². The van der Waals surface area contributed by atoms with Crippen molar-refractivity contribution in [1.82, 2.24) is 9.21 Å². The van der Waals surface area contributed by atoms with Gasteiger partial charge in [-0.3, -0.25) is 4.90 Å². The summed E-state index contributed by atoms with van der Waals surface area (Å²) >= 11 is 4.55. The minimum atomic E-state index is -3.47. The molecular formula is C12H19BrN2O3S2. The summed E-state index contributed by atoms with van der Waals surface area (Å²) in [6.45, 7) is 6.63. The predicted molar refractivity (Wildman–Crippen MR) is 83.4 cm³/mol. The zero-order chi connectivity index (χ0) is 14.9. The van der Waals surface area contributed by atoms with Crippen LogP contribution in [0.4, 0.5) is 0 Å². The van der Waals surface area contributed by atoms with Crippen molar-refractivity contribution in [3.8, 4) is 0 Å². The monoisotopic (exact) mass is 382 g/mol. The number of piperazine rings is 1. The molecule has 0 saturated carbocycles. The van der Waals surface area contributed by atoms with Crippen LogP contribution in [0.5, 0.6) is 0 Å². The largest absolute Gasteiger partial charge is 0.391 e. The Bertz CT molecular complexity index is 563. The van der Waals surface area contributed by atoms with Crippen LogP contribution in [0.15, 0.2) is 14.7 Å². The van der Waals surface area contributed by atoms with Crippen molar-refractivity contribution < 1.29 is 13.5 Å². The van der Waals surface area contributed by atoms with E-state index >= 15 is 0 Å². The number of halogens is 1. The maximum atomic E-state index is 12.6. The van der Waals surface area contributed by atoms with Gasteiger partial charge in [-0.2, -0.15) is 4.31 Å². The van der Waals surface area contributed by atoms with E-state index in [0.29, 0.717) is 27.8 Å². The third-order valence-electron chi connectivity index (χ3n) is 3.48. The van der Waals surface area contributed by atoms with Gasteiger partial charge in [0.05, 0.1) is 10.4 Å². The summed E-state index contributed by atoms with van der Waals surface area (Å²) in [5.41, 5.74) is 0. The Labute approximate surface area is 132 Å². The van der Waals surface area contributed by atoms with Crippen molar-refractivity contribution in [2.45, 2.75) is 31.4 Å². The molecule has 5 nitrogen and oxygen atoms in total. The zero-order valence-corrected chi connectivity index (χ0v) is 14.8. The number of nitrogens with zero attached hydrogens (tertiary/aromatic N) is 2. The van der Waals surface area contributed by atoms with Crippen molar-refractivity contribution in [3.05, 3.63) is 14.7 Å². The fourth-order valence-corrected chi connectivity index (χ4v) is 6.17. The molecule has 1 N–H and O–H groups in total. The van der Waals surface area contributed by atoms with Crippen LogP contribution < -0.4 is 0 Å². The van der Waals surface area contributed by atoms with Gasteiger partial charge in [0, 0.05) is 37.1 Å². The van der Waals surface area contributed by atoms with Gasteiger partial charge in [-0.25, -0.2) is 8.42 Å². The maximum Gasteiger partial charge on any atom is 0.245 e. The van der Waals surface area contributed by atoms with Crippen LogP contribution in [0.25, 0.3) is 0 Å². The van der Waals surface area contributed by atoms with Gasteiger partial charge in [-0.15, -0.1) is 11.3 Å². The predicted octanol–water partition coefficient (Wildman–Crippen LogP) is 1.72. The van der Waals surface area contributed by atoms with Crippen LogP contribution in [-0.4, -0.2) is 55.0 Å². The molecule has 1 saturated heterocycles. The Balaban J connectivity index is 2.17. The average Bonchev–Trinajstić information content (AvgIpc) is 2.81. The number of hydrogen-bond acceptors (Lipinski definition) is 5. The number of rotatable bonds is 4. The average molecular weight is 383 g/mol. The van der Waals surface area contributed by atoms with E-state index in [0.717, 1.165) is 13.1 Å². The minimum absolute atomic E-state index is 0.139. The normalized spacial score (nSPS) is 18.9. The lowest BCUT2D eigenvalue weighted by Crippen LogP contribution is -2.50. The number of sulfonamides is 1. The van der Waals surface area contributed by atoms with Gasteiger partial charge in [-0.05, 0) is 35.8 Å². The fraction of sp³-hybridized carbons (Fsp3) is 0.667. The van der Waals surface area contributed by atoms with Crippen LogP contribution in [0.1, 0.15) is 18.7 Å². The molecule has 0 atom stereocenters. The lowest BCUT2D eigenvalue weighted by molar-refractivity contribution is 0.154. The second-order valence-corrected chi connectivity index (χ2v) is 9.40. The van der Waals surface area contributed by atoms with Crippen LogP contribution in [0.3, 0.4) is 0 Å². The second kappa shape index (κ2) is 6.41. The number of thiophene rings is 1. The molecule has 2 rings (SSSR count). The molecule has 20 heavy (non-hydrogen) atoms. The molecule has 1 aromatic rings. The van der Waals surface area contributed by atoms with Gasteiger partial charge in [0.15, 0.2) is 0 Å². The Morgan fingerprint density at radius 2 is 1.95 bits per heavy atom. The van der Waals surface area contributed by atoms with Gasteiger partial charge >= 0.3 is 0 Å². The van der Waals surface area contributed by atoms with E-state index < -0.39 is 10.0 Å². The molecule has 0 spiro atoms. The Kier molecular flexibility index (Phi) is 5.25. The van der Waals surface area contributed by atoms with Crippen molar-refractivity contribution >= 4 is 37.3 Å². The van der Waals surface area contributed by atoms with Gasteiger partial charge in [-0.1, -0.05) is 0 Å². The molecule has 0 aromatic carbocycles. The lowest BCUT2D eigenvalue weighted by atomic mass is 10.3. The first-order chi connectivity index (χ1) is 9.36. The van der Waals surface area contributed by atoms with E-state index in [9.17, 15) is 8.42 Å². The molecule has 1 fully saturated rings. The highest BCUT2D eigenvalue weighted by atomic mass is 79.9. The van der Waals surface area contributed by atoms with Gasteiger partial charge in [0.2, 0.25) is 10.0 Å². The maximum absolute atomic E-state index is 12.6. The number of aliphatic hydroxyl groups is 1. The molecule has 0 amide bonds. The standard InChI is InChI=1S/C12H19BrN2O3S2/c1-9(2)14-3-5-15(6-4-14)20(17,18)11-7-10(8-16)19-12(11)13/h7,9,16H,3-6,8H2,1-2H3. The van der Waals surface area contributed by atoms with Crippen molar-refractivity contribution in [2.75, 3.05) is 26.2 Å². The summed E-state index contributed by atoms with van der Waals surface area (Å²) in [7, 11) is -3.47. The van der Waals surface area contributed by atoms with Crippen LogP contribution >= 0.6 is 27.3 Å². The molecule has 0 unspecified atom stereocenters. The Hall–Kier alpha value is 0.01000. The molecule has 1 aliphatic rings. The van der Waals surface area contributed by atoms with Gasteiger partial charge < -0.3 is 5.11 Å². The summed E-state index contributed by atoms with van der Waals surface area (Å²) in [6.07, 6.45) is 0. The van der Waals surface area contributed by atoms with Gasteiger partial charge in [0.25, 0.3) is 0 Å². The second-order valence-electron chi connectivity index (χ2n) is 5.04. The molecular weight excluding hydrogens is 364 g/mol. The third-order valence-corrected chi connectivity index (χ3v) is 7.62. The summed E-state index contributed by atoms with van der Waals surface area (Å²) in [5, 5.41) is 9.12. The molecule has 0 bridgehead atoms. The first-order valence-corrected chi connectivity index (χ1v) is 9.54. The van der Waals surface area contributed by atoms with E-state index in [1.807, 2.05) is 0 Å². The highest BCUT2D eigenvalue weighted by molar-refractivity contribution is 9.11. The molecule has 114 valence electrons. The third kappa shape index (κ3) is 3.26. The van der Waals surface area contributed by atoms with Crippen molar-refractivity contribution in [3.63, 3.8) is 0 Å². The fourth-order valence-electron chi connectivity index (χ4n) is 2.25. The molecule has 0 radical (unpaired) electrons. The van der Waals surface area contributed by atoms with E-state index in [4.69, 9.17) is 5.11 Å². The van der Waals surface area contributed by atoms with Crippen LogP contribution in [0.2, 0.25) is 0 Å². The lowest BCUT2D eigenvalue weighted by Gasteiger charge is -2.36. The highest BCUT2D eigenvalue weighted by Gasteiger charge is 2.31. The summed E-state index contributed by atoms with van der Waals surface area (Å²) in [6, 6.07) is 1.99. The summed E-state index contributed by atoms with van der Waals surface area (Å²) in [5.74, 6) is 0. The molecule has 1 aliphatic heterocycles. The first kappa shape index (κ1) is 16.4. The zero-order valence-electron chi connectivity index (χ0n) is 11.5. The Morgan fingerprint density at radius 3 is 2.40 bits per heavy atom. The van der Waals surface area contributed by atoms with Crippen molar-refractivity contribution in [2.24, 2.45) is 0 Å².